The number of hydrogen-bond donors (Lipinski definition) is 1. The summed E-state index contributed by atoms with van der Waals surface area (Å²) < 4.78 is 22.5. The Morgan fingerprint density at radius 2 is 2.11 bits per heavy atom. The predicted molar refractivity (Wildman–Crippen MR) is 41.9 cm³/mol. The molecule has 0 aliphatic carbocycles. The second-order valence-corrected chi connectivity index (χ2v) is 3.94. The van der Waals surface area contributed by atoms with Crippen LogP contribution in [0.15, 0.2) is 0 Å². The monoisotopic (exact) mass is 263 g/mol. The van der Waals surface area contributed by atoms with Gasteiger partial charge in [0, 0.05) is 0 Å². The molecule has 0 fully saturated rings. The van der Waals surface area contributed by atoms with Crippen molar-refractivity contribution in [1.82, 2.24) is 4.72 Å². The number of hydrogen-bond acceptors (Lipinski definition) is 3. The van der Waals surface area contributed by atoms with Crippen molar-refractivity contribution < 1.29 is 13.2 Å². The Hall–Kier alpha value is 0.150. The number of sulfonamides is 1. The van der Waals surface area contributed by atoms with Gasteiger partial charge in [-0.25, -0.2) is 8.42 Å². The summed E-state index contributed by atoms with van der Waals surface area (Å²) in [7, 11) is -3.34. The van der Waals surface area contributed by atoms with Gasteiger partial charge in [-0.05, 0) is 0 Å². The van der Waals surface area contributed by atoms with Gasteiger partial charge in [0.25, 0.3) is 0 Å². The summed E-state index contributed by atoms with van der Waals surface area (Å²) in [6.45, 7) is 0. The van der Waals surface area contributed by atoms with E-state index in [2.05, 4.69) is 0 Å². The highest BCUT2D eigenvalue weighted by molar-refractivity contribution is 14.1. The average molecular weight is 263 g/mol. The molecule has 0 saturated heterocycles. The Morgan fingerprint density at radius 3 is 2.22 bits per heavy atom. The topological polar surface area (TPSA) is 63.2 Å². The van der Waals surface area contributed by atoms with E-state index in [0.29, 0.717) is 0 Å². The van der Waals surface area contributed by atoms with Crippen molar-refractivity contribution in [1.29, 1.82) is 0 Å². The highest BCUT2D eigenvalue weighted by atomic mass is 127. The molecule has 0 radical (unpaired) electrons. The van der Waals surface area contributed by atoms with E-state index in [1.54, 1.807) is 27.3 Å². The van der Waals surface area contributed by atoms with E-state index in [1.165, 1.54) is 0 Å². The van der Waals surface area contributed by atoms with Crippen LogP contribution in [0.25, 0.3) is 0 Å². The number of alkyl halides is 1. The summed E-state index contributed by atoms with van der Waals surface area (Å²) in [5.41, 5.74) is 0. The number of nitrogens with one attached hydrogen (secondary N) is 1. The Bertz CT molecular complexity index is 197. The highest BCUT2D eigenvalue weighted by Crippen LogP contribution is 1.81. The van der Waals surface area contributed by atoms with Gasteiger partial charge in [-0.1, -0.05) is 22.6 Å². The molecule has 0 aliphatic rings. The van der Waals surface area contributed by atoms with Crippen LogP contribution in [-0.4, -0.2) is 25.0 Å². The van der Waals surface area contributed by atoms with Crippen molar-refractivity contribution in [3.63, 3.8) is 0 Å². The number of halogens is 1. The molecule has 54 valence electrons. The standard InChI is InChI=1S/C3H6INO3S/c1-9(7,8)5-3(6)2-4/h2H2,1H3,(H,5,6). The zero-order valence-electron chi connectivity index (χ0n) is 4.72. The smallest absolute Gasteiger partial charge is 0.243 e. The first-order chi connectivity index (χ1) is 3.95. The van der Waals surface area contributed by atoms with Crippen molar-refractivity contribution in [2.75, 3.05) is 10.7 Å². The molecule has 6 heteroatoms. The van der Waals surface area contributed by atoms with E-state index in [4.69, 9.17) is 0 Å². The molecule has 0 bridgehead atoms. The fourth-order valence-electron chi connectivity index (χ4n) is 0.234. The lowest BCUT2D eigenvalue weighted by Crippen LogP contribution is -2.29. The molecule has 1 N–H and O–H groups in total. The van der Waals surface area contributed by atoms with Gasteiger partial charge in [0.1, 0.15) is 0 Å². The number of rotatable bonds is 2. The summed E-state index contributed by atoms with van der Waals surface area (Å²) in [6, 6.07) is 0. The molecule has 0 saturated carbocycles. The van der Waals surface area contributed by atoms with Gasteiger partial charge < -0.3 is 0 Å². The fraction of sp³-hybridized carbons (Fsp3) is 0.667. The van der Waals surface area contributed by atoms with E-state index >= 15 is 0 Å². The first-order valence-electron chi connectivity index (χ1n) is 2.02. The molecule has 9 heavy (non-hydrogen) atoms. The molecular weight excluding hydrogens is 257 g/mol. The summed E-state index contributed by atoms with van der Waals surface area (Å²) in [5, 5.41) is 0. The molecule has 1 amide bonds. The SMILES string of the molecule is CS(=O)(=O)NC(=O)CI. The number of carbonyl (C=O) groups is 1. The van der Waals surface area contributed by atoms with Crippen LogP contribution < -0.4 is 4.72 Å². The zero-order chi connectivity index (χ0) is 7.49. The summed E-state index contributed by atoms with van der Waals surface area (Å²) >= 11 is 1.78. The lowest BCUT2D eigenvalue weighted by Gasteiger charge is -1.95. The van der Waals surface area contributed by atoms with Crippen LogP contribution >= 0.6 is 22.6 Å². The van der Waals surface area contributed by atoms with Crippen molar-refractivity contribution >= 4 is 38.5 Å². The average Bonchev–Trinajstić information content (AvgIpc) is 1.62. The molecule has 0 aromatic rings. The lowest BCUT2D eigenvalue weighted by molar-refractivity contribution is -0.116. The fourth-order valence-corrected chi connectivity index (χ4v) is 1.17. The van der Waals surface area contributed by atoms with Crippen molar-refractivity contribution in [2.24, 2.45) is 0 Å². The maximum absolute atomic E-state index is 10.3. The first-order valence-corrected chi connectivity index (χ1v) is 5.44. The van der Waals surface area contributed by atoms with Crippen LogP contribution in [0, 0.1) is 0 Å². The van der Waals surface area contributed by atoms with Crippen LogP contribution in [0.4, 0.5) is 0 Å². The van der Waals surface area contributed by atoms with E-state index in [1.807, 2.05) is 0 Å². The van der Waals surface area contributed by atoms with Gasteiger partial charge in [-0.3, -0.25) is 9.52 Å². The Morgan fingerprint density at radius 1 is 1.67 bits per heavy atom. The number of carbonyl (C=O) groups excluding carboxylic acids is 1. The van der Waals surface area contributed by atoms with E-state index in [9.17, 15) is 13.2 Å². The molecule has 0 unspecified atom stereocenters. The zero-order valence-corrected chi connectivity index (χ0v) is 7.69. The second-order valence-electron chi connectivity index (χ2n) is 1.43. The van der Waals surface area contributed by atoms with Gasteiger partial charge in [0.15, 0.2) is 0 Å². The molecule has 0 heterocycles. The predicted octanol–water partition coefficient (Wildman–Crippen LogP) is -0.503. The van der Waals surface area contributed by atoms with Crippen LogP contribution in [-0.2, 0) is 14.8 Å². The highest BCUT2D eigenvalue weighted by Gasteiger charge is 2.04. The molecule has 0 atom stereocenters. The van der Waals surface area contributed by atoms with Gasteiger partial charge in [-0.2, -0.15) is 0 Å². The second kappa shape index (κ2) is 3.35. The number of amides is 1. The Kier molecular flexibility index (Phi) is 3.41. The molecular formula is C3H6INO3S. The van der Waals surface area contributed by atoms with E-state index < -0.39 is 15.9 Å². The summed E-state index contributed by atoms with van der Waals surface area (Å²) in [5.74, 6) is -0.488. The Balaban J connectivity index is 3.91. The van der Waals surface area contributed by atoms with E-state index in [-0.39, 0.29) is 4.43 Å². The van der Waals surface area contributed by atoms with Gasteiger partial charge in [0.05, 0.1) is 10.7 Å². The van der Waals surface area contributed by atoms with Gasteiger partial charge in [-0.15, -0.1) is 0 Å². The quantitative estimate of drug-likeness (QED) is 0.539. The minimum atomic E-state index is -3.34. The third-order valence-corrected chi connectivity index (χ3v) is 1.71. The van der Waals surface area contributed by atoms with Gasteiger partial charge in [0.2, 0.25) is 15.9 Å². The van der Waals surface area contributed by atoms with Crippen molar-refractivity contribution in [3.05, 3.63) is 0 Å². The third-order valence-electron chi connectivity index (χ3n) is 0.421. The molecule has 0 aromatic carbocycles. The first kappa shape index (κ1) is 9.15. The van der Waals surface area contributed by atoms with E-state index in [0.717, 1.165) is 6.26 Å². The normalized spacial score (nSPS) is 10.9. The summed E-state index contributed by atoms with van der Waals surface area (Å²) in [6.07, 6.45) is 0.942. The molecule has 4 nitrogen and oxygen atoms in total. The maximum Gasteiger partial charge on any atom is 0.243 e. The third kappa shape index (κ3) is 6.03. The minimum Gasteiger partial charge on any atom is -0.273 e. The summed E-state index contributed by atoms with van der Waals surface area (Å²) in [4.78, 5) is 10.3. The van der Waals surface area contributed by atoms with Crippen LogP contribution in [0.3, 0.4) is 0 Å². The minimum absolute atomic E-state index is 0.158. The molecule has 0 spiro atoms. The molecule has 0 aliphatic heterocycles. The van der Waals surface area contributed by atoms with Crippen molar-refractivity contribution in [3.8, 4) is 0 Å². The molecule has 0 aromatic heterocycles. The van der Waals surface area contributed by atoms with Crippen LogP contribution in [0.2, 0.25) is 0 Å². The largest absolute Gasteiger partial charge is 0.273 e. The molecule has 0 rings (SSSR count). The lowest BCUT2D eigenvalue weighted by atomic mass is 10.8. The van der Waals surface area contributed by atoms with Crippen molar-refractivity contribution in [2.45, 2.75) is 0 Å². The van der Waals surface area contributed by atoms with Crippen LogP contribution in [0.5, 0.6) is 0 Å². The van der Waals surface area contributed by atoms with Crippen LogP contribution in [0.1, 0.15) is 0 Å². The van der Waals surface area contributed by atoms with Gasteiger partial charge >= 0.3 is 0 Å². The maximum atomic E-state index is 10.3. The Labute approximate surface area is 67.2 Å².